The molecule has 0 amide bonds. The number of aryl methyl sites for hydroxylation is 1. The molecule has 0 unspecified atom stereocenters. The van der Waals surface area contributed by atoms with Crippen LogP contribution in [0.15, 0.2) is 22.8 Å². The lowest BCUT2D eigenvalue weighted by atomic mass is 10.4. The van der Waals surface area contributed by atoms with Gasteiger partial charge in [0.25, 0.3) is 0 Å². The van der Waals surface area contributed by atoms with E-state index < -0.39 is 0 Å². The van der Waals surface area contributed by atoms with Crippen LogP contribution in [0.4, 0.5) is 5.82 Å². The summed E-state index contributed by atoms with van der Waals surface area (Å²) in [6, 6.07) is 3.69. The van der Waals surface area contributed by atoms with Gasteiger partial charge in [-0.3, -0.25) is 0 Å². The van der Waals surface area contributed by atoms with Gasteiger partial charge < -0.3 is 5.32 Å². The molecule has 1 aromatic heterocycles. The highest BCUT2D eigenvalue weighted by atomic mass is 35.5. The maximum absolute atomic E-state index is 8.68. The lowest BCUT2D eigenvalue weighted by Crippen LogP contribution is -2.12. The third kappa shape index (κ3) is 4.89. The van der Waals surface area contributed by atoms with E-state index in [9.17, 15) is 0 Å². The van der Waals surface area contributed by atoms with E-state index in [-0.39, 0.29) is 0 Å². The molecule has 1 aromatic rings. The van der Waals surface area contributed by atoms with Crippen LogP contribution in [0.2, 0.25) is 5.15 Å². The number of hydrogen-bond acceptors (Lipinski definition) is 6. The Hall–Kier alpha value is -1.58. The van der Waals surface area contributed by atoms with Crippen molar-refractivity contribution in [3.63, 3.8) is 0 Å². The zero-order valence-electron chi connectivity index (χ0n) is 10.9. The largest absolute Gasteiger partial charge is 0.319 e. The van der Waals surface area contributed by atoms with E-state index in [0.717, 1.165) is 0 Å². The molecular weight excluding hydrogens is 282 g/mol. The van der Waals surface area contributed by atoms with Crippen molar-refractivity contribution in [1.29, 1.82) is 5.26 Å². The van der Waals surface area contributed by atoms with Crippen LogP contribution in [-0.4, -0.2) is 20.9 Å². The maximum Gasteiger partial charge on any atom is 0.167 e. The zero-order valence-corrected chi connectivity index (χ0v) is 12.5. The minimum absolute atomic E-state index is 0.384. The average molecular weight is 296 g/mol. The number of nitriles is 1. The Balaban J connectivity index is 0.000000861. The van der Waals surface area contributed by atoms with Gasteiger partial charge in [-0.05, 0) is 6.92 Å². The van der Waals surface area contributed by atoms with E-state index in [1.807, 2.05) is 13.8 Å². The lowest BCUT2D eigenvalue weighted by molar-refractivity contribution is 1.06. The smallest absolute Gasteiger partial charge is 0.167 e. The number of anilines is 1. The van der Waals surface area contributed by atoms with Crippen LogP contribution in [0.5, 0.6) is 0 Å². The number of halogens is 1. The molecule has 0 fully saturated rings. The van der Waals surface area contributed by atoms with Gasteiger partial charge in [0.1, 0.15) is 16.8 Å². The van der Waals surface area contributed by atoms with Gasteiger partial charge in [-0.2, -0.15) is 5.26 Å². The van der Waals surface area contributed by atoms with Crippen molar-refractivity contribution in [2.24, 2.45) is 4.99 Å². The van der Waals surface area contributed by atoms with Crippen LogP contribution in [0.3, 0.4) is 0 Å². The quantitative estimate of drug-likeness (QED) is 0.804. The van der Waals surface area contributed by atoms with Gasteiger partial charge in [0, 0.05) is 18.0 Å². The molecule has 1 N–H and O–H groups in total. The second-order valence-corrected chi connectivity index (χ2v) is 4.59. The molecule has 1 aliphatic heterocycles. The van der Waals surface area contributed by atoms with Gasteiger partial charge in [0.15, 0.2) is 5.17 Å². The molecule has 0 aliphatic carbocycles. The Morgan fingerprint density at radius 3 is 2.68 bits per heavy atom. The van der Waals surface area contributed by atoms with E-state index in [1.165, 1.54) is 11.8 Å². The van der Waals surface area contributed by atoms with E-state index >= 15 is 0 Å². The predicted molar refractivity (Wildman–Crippen MR) is 80.3 cm³/mol. The second kappa shape index (κ2) is 7.77. The number of rotatable bonds is 1. The zero-order chi connectivity index (χ0) is 14.3. The molecule has 1 aliphatic rings. The minimum atomic E-state index is 0.384. The highest BCUT2D eigenvalue weighted by molar-refractivity contribution is 8.14. The first-order valence-corrected chi connectivity index (χ1v) is 7.11. The van der Waals surface area contributed by atoms with Crippen LogP contribution in [-0.2, 0) is 0 Å². The number of aromatic nitrogens is 2. The van der Waals surface area contributed by atoms with Crippen LogP contribution in [0.25, 0.3) is 0 Å². The van der Waals surface area contributed by atoms with Crippen LogP contribution in [0.1, 0.15) is 19.7 Å². The maximum atomic E-state index is 8.68. The lowest BCUT2D eigenvalue weighted by Gasteiger charge is -2.11. The van der Waals surface area contributed by atoms with Gasteiger partial charge in [-0.25, -0.2) is 15.0 Å². The summed E-state index contributed by atoms with van der Waals surface area (Å²) >= 11 is 7.27. The van der Waals surface area contributed by atoms with Crippen molar-refractivity contribution in [3.8, 4) is 6.07 Å². The molecule has 0 saturated carbocycles. The molecule has 7 heteroatoms. The summed E-state index contributed by atoms with van der Waals surface area (Å²) in [5.74, 6) is 1.80. The number of nitrogens with one attached hydrogen (secondary N) is 1. The Kier molecular flexibility index (Phi) is 6.33. The van der Waals surface area contributed by atoms with E-state index in [2.05, 4.69) is 26.3 Å². The molecule has 2 rings (SSSR count). The van der Waals surface area contributed by atoms with Gasteiger partial charge in [0.05, 0.1) is 11.6 Å². The van der Waals surface area contributed by atoms with Gasteiger partial charge >= 0.3 is 0 Å². The van der Waals surface area contributed by atoms with Crippen LogP contribution in [0, 0.1) is 18.3 Å². The number of thioether (sulfide) groups is 1. The first-order chi connectivity index (χ1) is 9.17. The van der Waals surface area contributed by atoms with E-state index in [4.69, 9.17) is 16.9 Å². The van der Waals surface area contributed by atoms with E-state index in [1.54, 1.807) is 19.2 Å². The summed E-state index contributed by atoms with van der Waals surface area (Å²) in [7, 11) is 0. The molecule has 100 valence electrons. The Morgan fingerprint density at radius 1 is 1.42 bits per heavy atom. The molecule has 0 radical (unpaired) electrons. The summed E-state index contributed by atoms with van der Waals surface area (Å²) in [4.78, 5) is 12.3. The fraction of sp³-hybridized carbons (Fsp3) is 0.333. The first kappa shape index (κ1) is 15.5. The van der Waals surface area contributed by atoms with E-state index in [0.29, 0.717) is 33.3 Å². The predicted octanol–water partition coefficient (Wildman–Crippen LogP) is 3.39. The topological polar surface area (TPSA) is 74.0 Å². The molecule has 2 heterocycles. The molecule has 0 atom stereocenters. The van der Waals surface area contributed by atoms with Gasteiger partial charge in [-0.1, -0.05) is 37.2 Å². The van der Waals surface area contributed by atoms with Crippen molar-refractivity contribution >= 4 is 34.3 Å². The van der Waals surface area contributed by atoms with Crippen molar-refractivity contribution < 1.29 is 0 Å². The summed E-state index contributed by atoms with van der Waals surface area (Å²) in [5.41, 5.74) is 0.650. The second-order valence-electron chi connectivity index (χ2n) is 3.24. The number of nitrogens with zero attached hydrogens (tertiary/aromatic N) is 4. The summed E-state index contributed by atoms with van der Waals surface area (Å²) in [5, 5.41) is 12.8. The van der Waals surface area contributed by atoms with Crippen LogP contribution >= 0.6 is 23.4 Å². The Labute approximate surface area is 121 Å². The third-order valence-corrected chi connectivity index (χ3v) is 3.02. The van der Waals surface area contributed by atoms with Crippen molar-refractivity contribution in [2.45, 2.75) is 20.8 Å². The Bertz CT molecular complexity index is 527. The number of aliphatic imine (C=N–C) groups is 1. The highest BCUT2D eigenvalue weighted by Gasteiger charge is 2.09. The summed E-state index contributed by atoms with van der Waals surface area (Å²) < 4.78 is 0. The third-order valence-electron chi connectivity index (χ3n) is 1.89. The van der Waals surface area contributed by atoms with Gasteiger partial charge in [-0.15, -0.1) is 0 Å². The molecule has 0 spiro atoms. The molecule has 0 saturated heterocycles. The van der Waals surface area contributed by atoms with Crippen LogP contribution < -0.4 is 5.32 Å². The average Bonchev–Trinajstić information content (AvgIpc) is 2.41. The SMILES string of the molecule is CC.Cc1nc(Cl)cc(NC2=NC=C(C#N)CS2)n1. The normalized spacial score (nSPS) is 13.4. The minimum Gasteiger partial charge on any atom is -0.319 e. The molecule has 0 bridgehead atoms. The molecule has 19 heavy (non-hydrogen) atoms. The highest BCUT2D eigenvalue weighted by Crippen LogP contribution is 2.18. The van der Waals surface area contributed by atoms with Crippen molar-refractivity contribution in [1.82, 2.24) is 9.97 Å². The standard InChI is InChI=1S/C10H8ClN5S.C2H6/c1-6-14-8(11)2-9(15-6)16-10-13-4-7(3-12)5-17-10;1-2/h2,4H,5H2,1H3,(H,13,14,15,16);1-2H3. The first-order valence-electron chi connectivity index (χ1n) is 5.75. The number of amidine groups is 1. The fourth-order valence-corrected chi connectivity index (χ4v) is 2.15. The van der Waals surface area contributed by atoms with Crippen molar-refractivity contribution in [2.75, 3.05) is 11.1 Å². The Morgan fingerprint density at radius 2 is 2.16 bits per heavy atom. The molecule has 0 aromatic carbocycles. The molecular formula is C12H14ClN5S. The van der Waals surface area contributed by atoms with Crippen molar-refractivity contribution in [3.05, 3.63) is 28.8 Å². The summed E-state index contributed by atoms with van der Waals surface area (Å²) in [6.45, 7) is 5.76. The van der Waals surface area contributed by atoms with Gasteiger partial charge in [0.2, 0.25) is 0 Å². The monoisotopic (exact) mass is 295 g/mol. The number of hydrogen-bond donors (Lipinski definition) is 1. The molecule has 5 nitrogen and oxygen atoms in total. The fourth-order valence-electron chi connectivity index (χ4n) is 1.19. The summed E-state index contributed by atoms with van der Waals surface area (Å²) in [6.07, 6.45) is 1.55.